The molecule has 2 aromatic carbocycles. The van der Waals surface area contributed by atoms with Crippen LogP contribution in [0.2, 0.25) is 0 Å². The molecule has 0 aliphatic heterocycles. The molecule has 0 atom stereocenters. The summed E-state index contributed by atoms with van der Waals surface area (Å²) in [5, 5.41) is 9.50. The van der Waals surface area contributed by atoms with Gasteiger partial charge in [-0.05, 0) is 30.2 Å². The van der Waals surface area contributed by atoms with Crippen LogP contribution in [-0.4, -0.2) is 11.0 Å². The minimum absolute atomic E-state index is 0.0895. The fourth-order valence-corrected chi connectivity index (χ4v) is 1.66. The first-order valence-corrected chi connectivity index (χ1v) is 5.28. The molecule has 17 heavy (non-hydrogen) atoms. The van der Waals surface area contributed by atoms with Gasteiger partial charge in [-0.3, -0.25) is 4.79 Å². The van der Waals surface area contributed by atoms with Crippen molar-refractivity contribution >= 4 is 5.91 Å². The molecule has 86 valence electrons. The van der Waals surface area contributed by atoms with Crippen molar-refractivity contribution in [2.24, 2.45) is 5.73 Å². The molecule has 0 radical (unpaired) electrons. The predicted molar refractivity (Wildman–Crippen MR) is 66.8 cm³/mol. The molecule has 0 bridgehead atoms. The van der Waals surface area contributed by atoms with Gasteiger partial charge in [0.05, 0.1) is 5.56 Å². The molecule has 0 spiro atoms. The van der Waals surface area contributed by atoms with Crippen LogP contribution >= 0.6 is 0 Å². The van der Waals surface area contributed by atoms with Crippen LogP contribution in [0.5, 0.6) is 5.75 Å². The zero-order chi connectivity index (χ0) is 12.4. The van der Waals surface area contributed by atoms with Crippen LogP contribution in [0.25, 0.3) is 11.1 Å². The molecule has 0 saturated heterocycles. The van der Waals surface area contributed by atoms with Crippen LogP contribution in [0.3, 0.4) is 0 Å². The van der Waals surface area contributed by atoms with Gasteiger partial charge in [0.2, 0.25) is 0 Å². The molecule has 2 rings (SSSR count). The largest absolute Gasteiger partial charge is 0.507 e. The Morgan fingerprint density at radius 2 is 1.65 bits per heavy atom. The molecule has 0 unspecified atom stereocenters. The average Bonchev–Trinajstić information content (AvgIpc) is 2.30. The van der Waals surface area contributed by atoms with Crippen molar-refractivity contribution in [3.63, 3.8) is 0 Å². The maximum Gasteiger partial charge on any atom is 0.252 e. The zero-order valence-corrected chi connectivity index (χ0v) is 9.47. The highest BCUT2D eigenvalue weighted by molar-refractivity contribution is 5.96. The molecule has 3 heteroatoms. The Morgan fingerprint density at radius 1 is 1.06 bits per heavy atom. The normalized spacial score (nSPS) is 10.2. The van der Waals surface area contributed by atoms with Crippen molar-refractivity contribution in [3.05, 3.63) is 53.6 Å². The molecule has 0 heterocycles. The molecule has 0 aliphatic rings. The predicted octanol–water partition coefficient (Wildman–Crippen LogP) is 2.47. The summed E-state index contributed by atoms with van der Waals surface area (Å²) in [5.41, 5.74) is 8.34. The fraction of sp³-hybridized carbons (Fsp3) is 0.0714. The summed E-state index contributed by atoms with van der Waals surface area (Å²) in [4.78, 5) is 11.1. The number of carbonyl (C=O) groups excluding carboxylic acids is 1. The smallest absolute Gasteiger partial charge is 0.252 e. The molecule has 0 aliphatic carbocycles. The number of aryl methyl sites for hydroxylation is 1. The highest BCUT2D eigenvalue weighted by atomic mass is 16.3. The zero-order valence-electron chi connectivity index (χ0n) is 9.47. The van der Waals surface area contributed by atoms with E-state index in [9.17, 15) is 9.90 Å². The summed E-state index contributed by atoms with van der Waals surface area (Å²) in [5.74, 6) is -0.718. The van der Waals surface area contributed by atoms with Crippen LogP contribution in [0.1, 0.15) is 15.9 Å². The van der Waals surface area contributed by atoms with E-state index in [0.29, 0.717) is 0 Å². The molecular weight excluding hydrogens is 214 g/mol. The molecular formula is C14H13NO2. The Morgan fingerprint density at radius 3 is 2.24 bits per heavy atom. The van der Waals surface area contributed by atoms with Gasteiger partial charge in [0.1, 0.15) is 5.75 Å². The Bertz CT molecular complexity index is 559. The second-order valence-electron chi connectivity index (χ2n) is 3.96. The van der Waals surface area contributed by atoms with Crippen LogP contribution < -0.4 is 5.73 Å². The van der Waals surface area contributed by atoms with Gasteiger partial charge in [0, 0.05) is 0 Å². The highest BCUT2D eigenvalue weighted by Gasteiger charge is 2.08. The van der Waals surface area contributed by atoms with Gasteiger partial charge >= 0.3 is 0 Å². The topological polar surface area (TPSA) is 63.3 Å². The molecule has 3 nitrogen and oxygen atoms in total. The summed E-state index contributed by atoms with van der Waals surface area (Å²) >= 11 is 0. The molecule has 3 N–H and O–H groups in total. The SMILES string of the molecule is Cc1ccc(-c2ccc(O)c(C(N)=O)c2)cc1. The van der Waals surface area contributed by atoms with Gasteiger partial charge in [0.15, 0.2) is 0 Å². The number of nitrogens with two attached hydrogens (primary N) is 1. The number of hydrogen-bond acceptors (Lipinski definition) is 2. The van der Waals surface area contributed by atoms with Crippen molar-refractivity contribution in [1.29, 1.82) is 0 Å². The second kappa shape index (κ2) is 4.29. The Kier molecular flexibility index (Phi) is 2.83. The van der Waals surface area contributed by atoms with E-state index < -0.39 is 5.91 Å². The number of amides is 1. The number of rotatable bonds is 2. The van der Waals surface area contributed by atoms with Gasteiger partial charge in [-0.1, -0.05) is 35.9 Å². The summed E-state index contributed by atoms with van der Waals surface area (Å²) < 4.78 is 0. The van der Waals surface area contributed by atoms with E-state index in [1.165, 1.54) is 11.6 Å². The number of hydrogen-bond donors (Lipinski definition) is 2. The fourth-order valence-electron chi connectivity index (χ4n) is 1.66. The summed E-state index contributed by atoms with van der Waals surface area (Å²) in [6.45, 7) is 2.01. The molecule has 0 aromatic heterocycles. The minimum Gasteiger partial charge on any atom is -0.507 e. The van der Waals surface area contributed by atoms with Gasteiger partial charge in [-0.25, -0.2) is 0 Å². The second-order valence-corrected chi connectivity index (χ2v) is 3.96. The summed E-state index contributed by atoms with van der Waals surface area (Å²) in [6, 6.07) is 12.8. The third kappa shape index (κ3) is 2.28. The van der Waals surface area contributed by atoms with E-state index in [2.05, 4.69) is 0 Å². The van der Waals surface area contributed by atoms with Gasteiger partial charge in [-0.15, -0.1) is 0 Å². The van der Waals surface area contributed by atoms with E-state index in [-0.39, 0.29) is 11.3 Å². The van der Waals surface area contributed by atoms with Crippen LogP contribution in [0, 0.1) is 6.92 Å². The molecule has 2 aromatic rings. The minimum atomic E-state index is -0.628. The van der Waals surface area contributed by atoms with Crippen molar-refractivity contribution in [1.82, 2.24) is 0 Å². The van der Waals surface area contributed by atoms with Crippen LogP contribution in [0.4, 0.5) is 0 Å². The van der Waals surface area contributed by atoms with Crippen molar-refractivity contribution in [2.45, 2.75) is 6.92 Å². The van der Waals surface area contributed by atoms with Gasteiger partial charge in [-0.2, -0.15) is 0 Å². The van der Waals surface area contributed by atoms with E-state index >= 15 is 0 Å². The van der Waals surface area contributed by atoms with E-state index in [1.807, 2.05) is 31.2 Å². The maximum absolute atomic E-state index is 11.1. The van der Waals surface area contributed by atoms with Crippen molar-refractivity contribution in [2.75, 3.05) is 0 Å². The van der Waals surface area contributed by atoms with Crippen LogP contribution in [0.15, 0.2) is 42.5 Å². The summed E-state index contributed by atoms with van der Waals surface area (Å²) in [7, 11) is 0. The lowest BCUT2D eigenvalue weighted by atomic mass is 10.0. The van der Waals surface area contributed by atoms with E-state index in [4.69, 9.17) is 5.73 Å². The van der Waals surface area contributed by atoms with Crippen molar-refractivity contribution < 1.29 is 9.90 Å². The average molecular weight is 227 g/mol. The Labute approximate surface area is 99.5 Å². The van der Waals surface area contributed by atoms with Crippen LogP contribution in [-0.2, 0) is 0 Å². The number of phenols is 1. The monoisotopic (exact) mass is 227 g/mol. The maximum atomic E-state index is 11.1. The molecule has 1 amide bonds. The first-order valence-electron chi connectivity index (χ1n) is 5.28. The third-order valence-corrected chi connectivity index (χ3v) is 2.65. The van der Waals surface area contributed by atoms with E-state index in [0.717, 1.165) is 11.1 Å². The Hall–Kier alpha value is -2.29. The molecule has 0 saturated carbocycles. The Balaban J connectivity index is 2.50. The highest BCUT2D eigenvalue weighted by Crippen LogP contribution is 2.25. The quantitative estimate of drug-likeness (QED) is 0.827. The lowest BCUT2D eigenvalue weighted by Gasteiger charge is -2.05. The summed E-state index contributed by atoms with van der Waals surface area (Å²) in [6.07, 6.45) is 0. The lowest BCUT2D eigenvalue weighted by Crippen LogP contribution is -2.11. The standard InChI is InChI=1S/C14H13NO2/c1-9-2-4-10(5-3-9)11-6-7-13(16)12(8-11)14(15)17/h2-8,16H,1H3,(H2,15,17). The first-order chi connectivity index (χ1) is 8.08. The lowest BCUT2D eigenvalue weighted by molar-refractivity contribution is 0.0998. The third-order valence-electron chi connectivity index (χ3n) is 2.65. The number of carbonyl (C=O) groups is 1. The molecule has 0 fully saturated rings. The van der Waals surface area contributed by atoms with Gasteiger partial charge < -0.3 is 10.8 Å². The first kappa shape index (κ1) is 11.2. The number of benzene rings is 2. The van der Waals surface area contributed by atoms with Crippen molar-refractivity contribution in [3.8, 4) is 16.9 Å². The van der Waals surface area contributed by atoms with E-state index in [1.54, 1.807) is 12.1 Å². The number of primary amides is 1. The number of aromatic hydroxyl groups is 1. The van der Waals surface area contributed by atoms with Gasteiger partial charge in [0.25, 0.3) is 5.91 Å².